The minimum absolute atomic E-state index is 0.243. The summed E-state index contributed by atoms with van der Waals surface area (Å²) >= 11 is 0. The van der Waals surface area contributed by atoms with Crippen molar-refractivity contribution in [2.45, 2.75) is 19.4 Å². The molecule has 0 bridgehead atoms. The van der Waals surface area contributed by atoms with Crippen molar-refractivity contribution in [2.24, 2.45) is 5.92 Å². The smallest absolute Gasteiger partial charge is 0.342 e. The Morgan fingerprint density at radius 1 is 1.33 bits per heavy atom. The molecule has 0 heterocycles. The van der Waals surface area contributed by atoms with Gasteiger partial charge >= 0.3 is 5.97 Å². The minimum Gasteiger partial charge on any atom is -0.467 e. The largest absolute Gasteiger partial charge is 0.467 e. The minimum atomic E-state index is -1.56. The van der Waals surface area contributed by atoms with Crippen molar-refractivity contribution in [1.29, 1.82) is 0 Å². The Balaban J connectivity index is 3.19. The predicted molar refractivity (Wildman–Crippen MR) is 57.2 cm³/mol. The van der Waals surface area contributed by atoms with Gasteiger partial charge in [-0.25, -0.2) is 4.79 Å². The number of ether oxygens (including phenoxy) is 1. The molecule has 1 aromatic carbocycles. The van der Waals surface area contributed by atoms with Gasteiger partial charge < -0.3 is 9.84 Å². The van der Waals surface area contributed by atoms with Gasteiger partial charge in [-0.1, -0.05) is 44.2 Å². The van der Waals surface area contributed by atoms with E-state index >= 15 is 0 Å². The number of methoxy groups -OCH3 is 1. The normalized spacial score (nSPS) is 14.7. The number of hydrogen-bond donors (Lipinski definition) is 1. The fourth-order valence-corrected chi connectivity index (χ4v) is 1.53. The van der Waals surface area contributed by atoms with Crippen LogP contribution in [0.5, 0.6) is 0 Å². The maximum atomic E-state index is 11.6. The van der Waals surface area contributed by atoms with E-state index in [0.717, 1.165) is 0 Å². The fourth-order valence-electron chi connectivity index (χ4n) is 1.53. The molecule has 1 aromatic rings. The molecule has 1 atom stereocenters. The molecule has 1 N–H and O–H groups in total. The zero-order valence-corrected chi connectivity index (χ0v) is 9.23. The number of esters is 1. The second-order valence-electron chi connectivity index (χ2n) is 3.78. The van der Waals surface area contributed by atoms with E-state index < -0.39 is 11.6 Å². The molecule has 3 nitrogen and oxygen atoms in total. The summed E-state index contributed by atoms with van der Waals surface area (Å²) in [4.78, 5) is 11.6. The first kappa shape index (κ1) is 11.7. The van der Waals surface area contributed by atoms with Crippen LogP contribution in [-0.4, -0.2) is 18.2 Å². The van der Waals surface area contributed by atoms with Gasteiger partial charge in [0.05, 0.1) is 7.11 Å². The van der Waals surface area contributed by atoms with Crippen LogP contribution in [0.4, 0.5) is 0 Å². The molecule has 0 aliphatic heterocycles. The molecule has 0 amide bonds. The van der Waals surface area contributed by atoms with Crippen LogP contribution < -0.4 is 0 Å². The van der Waals surface area contributed by atoms with Crippen LogP contribution in [0.2, 0.25) is 0 Å². The summed E-state index contributed by atoms with van der Waals surface area (Å²) in [6.07, 6.45) is 0. The lowest BCUT2D eigenvalue weighted by Crippen LogP contribution is -2.41. The van der Waals surface area contributed by atoms with Gasteiger partial charge in [-0.15, -0.1) is 0 Å². The van der Waals surface area contributed by atoms with E-state index in [-0.39, 0.29) is 5.92 Å². The fraction of sp³-hybridized carbons (Fsp3) is 0.417. The van der Waals surface area contributed by atoms with Gasteiger partial charge in [0, 0.05) is 0 Å². The van der Waals surface area contributed by atoms with E-state index in [0.29, 0.717) is 5.56 Å². The van der Waals surface area contributed by atoms with Crippen molar-refractivity contribution < 1.29 is 14.6 Å². The Hall–Kier alpha value is -1.35. The van der Waals surface area contributed by atoms with Crippen LogP contribution in [0.15, 0.2) is 30.3 Å². The number of aliphatic hydroxyl groups is 1. The highest BCUT2D eigenvalue weighted by Gasteiger charge is 2.42. The van der Waals surface area contributed by atoms with Crippen molar-refractivity contribution in [2.75, 3.05) is 7.11 Å². The van der Waals surface area contributed by atoms with Gasteiger partial charge in [0.15, 0.2) is 5.60 Å². The molecule has 82 valence electrons. The zero-order chi connectivity index (χ0) is 11.5. The first-order valence-corrected chi connectivity index (χ1v) is 4.89. The molecule has 0 radical (unpaired) electrons. The van der Waals surface area contributed by atoms with Crippen molar-refractivity contribution >= 4 is 5.97 Å². The second kappa shape index (κ2) is 4.45. The van der Waals surface area contributed by atoms with E-state index in [1.807, 2.05) is 6.07 Å². The van der Waals surface area contributed by atoms with E-state index in [1.165, 1.54) is 7.11 Å². The molecule has 0 saturated carbocycles. The van der Waals surface area contributed by atoms with E-state index in [4.69, 9.17) is 0 Å². The zero-order valence-electron chi connectivity index (χ0n) is 9.23. The topological polar surface area (TPSA) is 46.5 Å². The predicted octanol–water partition coefficient (Wildman–Crippen LogP) is 1.70. The molecular weight excluding hydrogens is 192 g/mol. The van der Waals surface area contributed by atoms with E-state index in [2.05, 4.69) is 4.74 Å². The van der Waals surface area contributed by atoms with Gasteiger partial charge in [0.1, 0.15) is 0 Å². The average Bonchev–Trinajstić information content (AvgIpc) is 2.27. The van der Waals surface area contributed by atoms with Crippen molar-refractivity contribution in [3.63, 3.8) is 0 Å². The third kappa shape index (κ3) is 2.02. The van der Waals surface area contributed by atoms with E-state index in [9.17, 15) is 9.90 Å². The van der Waals surface area contributed by atoms with Crippen molar-refractivity contribution in [3.05, 3.63) is 35.9 Å². The average molecular weight is 208 g/mol. The summed E-state index contributed by atoms with van der Waals surface area (Å²) in [5.74, 6) is -0.865. The second-order valence-corrected chi connectivity index (χ2v) is 3.78. The molecular formula is C12H16O3. The maximum Gasteiger partial charge on any atom is 0.342 e. The van der Waals surface area contributed by atoms with Gasteiger partial charge in [-0.05, 0) is 11.5 Å². The summed E-state index contributed by atoms with van der Waals surface area (Å²) in [5.41, 5.74) is -0.998. The van der Waals surface area contributed by atoms with Crippen molar-refractivity contribution in [3.8, 4) is 0 Å². The summed E-state index contributed by atoms with van der Waals surface area (Å²) in [6, 6.07) is 8.84. The van der Waals surface area contributed by atoms with Gasteiger partial charge in [-0.2, -0.15) is 0 Å². The highest BCUT2D eigenvalue weighted by molar-refractivity contribution is 5.81. The third-order valence-corrected chi connectivity index (χ3v) is 2.55. The first-order chi connectivity index (χ1) is 7.03. The number of hydrogen-bond acceptors (Lipinski definition) is 3. The molecule has 3 heteroatoms. The summed E-state index contributed by atoms with van der Waals surface area (Å²) in [7, 11) is 1.28. The lowest BCUT2D eigenvalue weighted by Gasteiger charge is -2.29. The lowest BCUT2D eigenvalue weighted by atomic mass is 9.83. The Kier molecular flexibility index (Phi) is 3.48. The molecule has 1 rings (SSSR count). The molecule has 0 unspecified atom stereocenters. The Morgan fingerprint density at radius 3 is 2.27 bits per heavy atom. The van der Waals surface area contributed by atoms with Crippen molar-refractivity contribution in [1.82, 2.24) is 0 Å². The standard InChI is InChI=1S/C12H16O3/c1-9(2)12(14,11(13)15-3)10-7-5-4-6-8-10/h4-9,14H,1-3H3/t12-/m0/s1. The summed E-state index contributed by atoms with van der Waals surface area (Å²) < 4.78 is 4.64. The molecule has 0 aliphatic carbocycles. The van der Waals surface area contributed by atoms with Gasteiger partial charge in [-0.3, -0.25) is 0 Å². The van der Waals surface area contributed by atoms with Crippen LogP contribution in [0.1, 0.15) is 19.4 Å². The molecule has 0 saturated heterocycles. The summed E-state index contributed by atoms with van der Waals surface area (Å²) in [6.45, 7) is 3.56. The number of carbonyl (C=O) groups is 1. The van der Waals surface area contributed by atoms with Crippen LogP contribution >= 0.6 is 0 Å². The highest BCUT2D eigenvalue weighted by Crippen LogP contribution is 2.30. The quantitative estimate of drug-likeness (QED) is 0.769. The summed E-state index contributed by atoms with van der Waals surface area (Å²) in [5, 5.41) is 10.4. The number of benzene rings is 1. The molecule has 0 aliphatic rings. The molecule has 15 heavy (non-hydrogen) atoms. The molecule has 0 aromatic heterocycles. The molecule has 0 spiro atoms. The Bertz CT molecular complexity index is 332. The molecule has 0 fully saturated rings. The van der Waals surface area contributed by atoms with E-state index in [1.54, 1.807) is 38.1 Å². The maximum absolute atomic E-state index is 11.6. The Labute approximate surface area is 89.7 Å². The lowest BCUT2D eigenvalue weighted by molar-refractivity contribution is -0.169. The Morgan fingerprint density at radius 2 is 1.87 bits per heavy atom. The van der Waals surface area contributed by atoms with Crippen LogP contribution in [0.25, 0.3) is 0 Å². The monoisotopic (exact) mass is 208 g/mol. The van der Waals surface area contributed by atoms with Crippen LogP contribution in [0.3, 0.4) is 0 Å². The van der Waals surface area contributed by atoms with Crippen LogP contribution in [-0.2, 0) is 15.1 Å². The SMILES string of the molecule is COC(=O)[C@@](O)(c1ccccc1)C(C)C. The highest BCUT2D eigenvalue weighted by atomic mass is 16.5. The van der Waals surface area contributed by atoms with Gasteiger partial charge in [0.25, 0.3) is 0 Å². The van der Waals surface area contributed by atoms with Gasteiger partial charge in [0.2, 0.25) is 0 Å². The first-order valence-electron chi connectivity index (χ1n) is 4.89. The number of rotatable bonds is 3. The number of carbonyl (C=O) groups excluding carboxylic acids is 1. The third-order valence-electron chi connectivity index (χ3n) is 2.55. The van der Waals surface area contributed by atoms with Crippen LogP contribution in [0, 0.1) is 5.92 Å².